The molecule has 0 atom stereocenters. The van der Waals surface area contributed by atoms with Crippen LogP contribution in [0.1, 0.15) is 0 Å². The van der Waals surface area contributed by atoms with Crippen molar-refractivity contribution < 1.29 is 8.78 Å². The van der Waals surface area contributed by atoms with E-state index in [1.54, 1.807) is 0 Å². The zero-order valence-corrected chi connectivity index (χ0v) is 10.1. The van der Waals surface area contributed by atoms with Crippen LogP contribution in [-0.4, -0.2) is 20.2 Å². The second-order valence-corrected chi connectivity index (χ2v) is 4.49. The van der Waals surface area contributed by atoms with E-state index < -0.39 is 11.6 Å². The summed E-state index contributed by atoms with van der Waals surface area (Å²) in [5.41, 5.74) is 2.30. The summed E-state index contributed by atoms with van der Waals surface area (Å²) in [5, 5.41) is 7.99. The summed E-state index contributed by atoms with van der Waals surface area (Å²) in [6.45, 7) is 0. The molecule has 0 aliphatic heterocycles. The maximum Gasteiger partial charge on any atom is 0.161 e. The molecule has 0 saturated carbocycles. The summed E-state index contributed by atoms with van der Waals surface area (Å²) >= 11 is 0. The Labute approximate surface area is 111 Å². The number of aromatic nitrogens is 4. The van der Waals surface area contributed by atoms with Gasteiger partial charge in [0, 0.05) is 17.5 Å². The van der Waals surface area contributed by atoms with Gasteiger partial charge < -0.3 is 4.98 Å². The molecule has 2 heterocycles. The van der Waals surface area contributed by atoms with Crippen LogP contribution in [0.5, 0.6) is 0 Å². The lowest BCUT2D eigenvalue weighted by atomic mass is 10.2. The lowest BCUT2D eigenvalue weighted by Gasteiger charge is -1.91. The summed E-state index contributed by atoms with van der Waals surface area (Å²) in [4.78, 5) is 7.22. The Morgan fingerprint density at radius 3 is 2.65 bits per heavy atom. The van der Waals surface area contributed by atoms with Gasteiger partial charge in [-0.2, -0.15) is 5.10 Å². The molecule has 4 rings (SSSR count). The van der Waals surface area contributed by atoms with Crippen molar-refractivity contribution in [1.29, 1.82) is 0 Å². The van der Waals surface area contributed by atoms with Crippen molar-refractivity contribution in [1.82, 2.24) is 20.2 Å². The highest BCUT2D eigenvalue weighted by Gasteiger charge is 2.13. The third kappa shape index (κ3) is 1.51. The van der Waals surface area contributed by atoms with Crippen molar-refractivity contribution in [2.45, 2.75) is 0 Å². The van der Waals surface area contributed by atoms with Gasteiger partial charge in [-0.05, 0) is 6.07 Å². The van der Waals surface area contributed by atoms with Crippen molar-refractivity contribution in [3.8, 4) is 11.5 Å². The number of H-pyrrole nitrogens is 2. The third-order valence-corrected chi connectivity index (χ3v) is 3.22. The Morgan fingerprint density at radius 2 is 1.75 bits per heavy atom. The van der Waals surface area contributed by atoms with Crippen LogP contribution in [0.25, 0.3) is 33.5 Å². The first-order chi connectivity index (χ1) is 9.72. The van der Waals surface area contributed by atoms with E-state index in [1.807, 2.05) is 24.3 Å². The molecule has 2 aromatic carbocycles. The van der Waals surface area contributed by atoms with Crippen LogP contribution in [0.2, 0.25) is 0 Å². The number of hydrogen-bond donors (Lipinski definition) is 2. The molecule has 4 nitrogen and oxygen atoms in total. The number of benzene rings is 2. The van der Waals surface area contributed by atoms with Gasteiger partial charge in [0.25, 0.3) is 0 Å². The summed E-state index contributed by atoms with van der Waals surface area (Å²) in [6, 6.07) is 9.75. The number of nitrogens with one attached hydrogen (secondary N) is 2. The Bertz CT molecular complexity index is 900. The van der Waals surface area contributed by atoms with Crippen molar-refractivity contribution in [3.05, 3.63) is 48.0 Å². The number of para-hydroxylation sites is 1. The molecular formula is C14H8F2N4. The van der Waals surface area contributed by atoms with E-state index in [1.165, 1.54) is 0 Å². The molecule has 0 aliphatic carbocycles. The minimum atomic E-state index is -0.914. The quantitative estimate of drug-likeness (QED) is 0.557. The fraction of sp³-hybridized carbons (Fsp3) is 0. The SMILES string of the molecule is Fc1cc2nc(-c3n[nH]c4ccccc34)[nH]c2cc1F. The lowest BCUT2D eigenvalue weighted by molar-refractivity contribution is 0.510. The molecule has 0 radical (unpaired) electrons. The number of hydrogen-bond acceptors (Lipinski definition) is 2. The van der Waals surface area contributed by atoms with Gasteiger partial charge in [0.2, 0.25) is 0 Å². The van der Waals surface area contributed by atoms with Crippen LogP contribution in [0.4, 0.5) is 8.78 Å². The van der Waals surface area contributed by atoms with Gasteiger partial charge in [-0.25, -0.2) is 13.8 Å². The average Bonchev–Trinajstić information content (AvgIpc) is 3.02. The van der Waals surface area contributed by atoms with E-state index in [2.05, 4.69) is 20.2 Å². The predicted octanol–water partition coefficient (Wildman–Crippen LogP) is 3.38. The van der Waals surface area contributed by atoms with Crippen LogP contribution in [0.3, 0.4) is 0 Å². The highest BCUT2D eigenvalue weighted by Crippen LogP contribution is 2.26. The number of halogens is 2. The highest BCUT2D eigenvalue weighted by molar-refractivity contribution is 5.92. The van der Waals surface area contributed by atoms with Gasteiger partial charge in [0.05, 0.1) is 16.6 Å². The van der Waals surface area contributed by atoms with Crippen LogP contribution < -0.4 is 0 Å². The number of aromatic amines is 2. The maximum absolute atomic E-state index is 13.2. The molecule has 0 amide bonds. The first-order valence-electron chi connectivity index (χ1n) is 6.00. The van der Waals surface area contributed by atoms with E-state index in [9.17, 15) is 8.78 Å². The standard InChI is InChI=1S/C14H8F2N4/c15-8-5-11-12(6-9(8)16)18-14(17-11)13-7-3-1-2-4-10(7)19-20-13/h1-6H,(H,17,18)(H,19,20). The van der Waals surface area contributed by atoms with Gasteiger partial charge in [-0.1, -0.05) is 18.2 Å². The van der Waals surface area contributed by atoms with Crippen molar-refractivity contribution >= 4 is 21.9 Å². The molecule has 0 bridgehead atoms. The molecule has 4 aromatic rings. The number of rotatable bonds is 1. The minimum absolute atomic E-state index is 0.367. The summed E-state index contributed by atoms with van der Waals surface area (Å²) < 4.78 is 26.4. The normalized spacial score (nSPS) is 11.5. The minimum Gasteiger partial charge on any atom is -0.336 e. The molecular weight excluding hydrogens is 262 g/mol. The molecule has 20 heavy (non-hydrogen) atoms. The van der Waals surface area contributed by atoms with Crippen molar-refractivity contribution in [2.75, 3.05) is 0 Å². The fourth-order valence-corrected chi connectivity index (χ4v) is 2.26. The fourth-order valence-electron chi connectivity index (χ4n) is 2.26. The maximum atomic E-state index is 13.2. The van der Waals surface area contributed by atoms with Crippen molar-refractivity contribution in [2.24, 2.45) is 0 Å². The molecule has 0 aliphatic rings. The van der Waals surface area contributed by atoms with Crippen molar-refractivity contribution in [3.63, 3.8) is 0 Å². The summed E-state index contributed by atoms with van der Waals surface area (Å²) in [5.74, 6) is -1.34. The van der Waals surface area contributed by atoms with E-state index in [0.29, 0.717) is 22.6 Å². The number of imidazole rings is 1. The first-order valence-corrected chi connectivity index (χ1v) is 6.00. The summed E-state index contributed by atoms with van der Waals surface area (Å²) in [7, 11) is 0. The third-order valence-electron chi connectivity index (χ3n) is 3.22. The van der Waals surface area contributed by atoms with E-state index in [0.717, 1.165) is 23.0 Å². The molecule has 0 spiro atoms. The second kappa shape index (κ2) is 3.86. The highest BCUT2D eigenvalue weighted by atomic mass is 19.2. The topological polar surface area (TPSA) is 57.4 Å². The van der Waals surface area contributed by atoms with Gasteiger partial charge in [0.1, 0.15) is 5.69 Å². The Balaban J connectivity index is 1.98. The molecule has 98 valence electrons. The van der Waals surface area contributed by atoms with Crippen LogP contribution in [-0.2, 0) is 0 Å². The molecule has 2 N–H and O–H groups in total. The van der Waals surface area contributed by atoms with Gasteiger partial charge >= 0.3 is 0 Å². The van der Waals surface area contributed by atoms with Crippen LogP contribution >= 0.6 is 0 Å². The Morgan fingerprint density at radius 1 is 0.950 bits per heavy atom. The van der Waals surface area contributed by atoms with Crippen LogP contribution in [0.15, 0.2) is 36.4 Å². The Kier molecular flexibility index (Phi) is 2.14. The largest absolute Gasteiger partial charge is 0.336 e. The molecule has 0 unspecified atom stereocenters. The first kappa shape index (κ1) is 11.1. The predicted molar refractivity (Wildman–Crippen MR) is 71.1 cm³/mol. The van der Waals surface area contributed by atoms with Gasteiger partial charge in [-0.3, -0.25) is 5.10 Å². The molecule has 2 aromatic heterocycles. The van der Waals surface area contributed by atoms with E-state index in [-0.39, 0.29) is 0 Å². The van der Waals surface area contributed by atoms with Gasteiger partial charge in [0.15, 0.2) is 17.5 Å². The Hall–Kier alpha value is -2.76. The van der Waals surface area contributed by atoms with Crippen LogP contribution in [0, 0.1) is 11.6 Å². The average molecular weight is 270 g/mol. The van der Waals surface area contributed by atoms with Gasteiger partial charge in [-0.15, -0.1) is 0 Å². The monoisotopic (exact) mass is 270 g/mol. The lowest BCUT2D eigenvalue weighted by Crippen LogP contribution is -1.82. The second-order valence-electron chi connectivity index (χ2n) is 4.49. The molecule has 0 saturated heterocycles. The smallest absolute Gasteiger partial charge is 0.161 e. The molecule has 0 fully saturated rings. The molecule has 6 heteroatoms. The van der Waals surface area contributed by atoms with E-state index in [4.69, 9.17) is 0 Å². The zero-order chi connectivity index (χ0) is 13.7. The number of nitrogens with zero attached hydrogens (tertiary/aromatic N) is 2. The number of fused-ring (bicyclic) bond motifs is 2. The summed E-state index contributed by atoms with van der Waals surface area (Å²) in [6.07, 6.45) is 0. The van der Waals surface area contributed by atoms with E-state index >= 15 is 0 Å². The zero-order valence-electron chi connectivity index (χ0n) is 10.1.